The van der Waals surface area contributed by atoms with E-state index in [0.29, 0.717) is 22.8 Å². The number of hydrogen-bond acceptors (Lipinski definition) is 9. The van der Waals surface area contributed by atoms with Gasteiger partial charge in [0, 0.05) is 29.4 Å². The zero-order valence-corrected chi connectivity index (χ0v) is 19.3. The molecule has 0 aliphatic carbocycles. The van der Waals surface area contributed by atoms with Crippen molar-refractivity contribution in [1.82, 2.24) is 0 Å². The van der Waals surface area contributed by atoms with Gasteiger partial charge >= 0.3 is 0 Å². The Morgan fingerprint density at radius 3 is 2.24 bits per heavy atom. The number of nitrogens with zero attached hydrogens (tertiary/aromatic N) is 2. The van der Waals surface area contributed by atoms with Crippen LogP contribution in [0, 0.1) is 10.1 Å². The number of aromatic hydroxyl groups is 1. The predicted molar refractivity (Wildman–Crippen MR) is 127 cm³/mol. The van der Waals surface area contributed by atoms with Gasteiger partial charge in [0.1, 0.15) is 22.1 Å². The monoisotopic (exact) mass is 486 g/mol. The first kappa shape index (κ1) is 24.3. The fraction of sp³-hybridized carbons (Fsp3) is 0.136. The van der Waals surface area contributed by atoms with Crippen molar-refractivity contribution in [1.29, 1.82) is 0 Å². The van der Waals surface area contributed by atoms with Crippen LogP contribution in [0.5, 0.6) is 17.2 Å². The normalized spacial score (nSPS) is 11.6. The Morgan fingerprint density at radius 2 is 1.65 bits per heavy atom. The van der Waals surface area contributed by atoms with Crippen molar-refractivity contribution < 1.29 is 27.9 Å². The molecule has 0 bridgehead atoms. The van der Waals surface area contributed by atoms with E-state index in [1.807, 2.05) is 0 Å². The Labute approximate surface area is 195 Å². The lowest BCUT2D eigenvalue weighted by atomic mass is 10.1. The van der Waals surface area contributed by atoms with Crippen LogP contribution in [0.15, 0.2) is 70.7 Å². The van der Waals surface area contributed by atoms with Gasteiger partial charge in [0.15, 0.2) is 0 Å². The summed E-state index contributed by atoms with van der Waals surface area (Å²) >= 11 is 0. The van der Waals surface area contributed by atoms with Crippen LogP contribution in [0.3, 0.4) is 0 Å². The number of hydrazone groups is 1. The summed E-state index contributed by atoms with van der Waals surface area (Å²) in [7, 11) is -1.30. The lowest BCUT2D eigenvalue weighted by Crippen LogP contribution is -2.15. The van der Waals surface area contributed by atoms with E-state index in [2.05, 4.69) is 15.2 Å². The molecule has 0 aliphatic rings. The summed E-state index contributed by atoms with van der Waals surface area (Å²) in [4.78, 5) is 10.2. The highest BCUT2D eigenvalue weighted by molar-refractivity contribution is 7.92. The average molecular weight is 487 g/mol. The maximum absolute atomic E-state index is 13.1. The Bertz CT molecular complexity index is 1340. The van der Waals surface area contributed by atoms with E-state index < -0.39 is 20.6 Å². The summed E-state index contributed by atoms with van der Waals surface area (Å²) in [6, 6.07) is 14.1. The Morgan fingerprint density at radius 1 is 1.00 bits per heavy atom. The van der Waals surface area contributed by atoms with Crippen molar-refractivity contribution in [2.45, 2.75) is 11.8 Å². The number of ether oxygens (including phenoxy) is 2. The van der Waals surface area contributed by atoms with Crippen LogP contribution in [0.4, 0.5) is 17.1 Å². The van der Waals surface area contributed by atoms with E-state index in [0.717, 1.165) is 12.1 Å². The highest BCUT2D eigenvalue weighted by atomic mass is 32.2. The second-order valence-electron chi connectivity index (χ2n) is 6.96. The van der Waals surface area contributed by atoms with Gasteiger partial charge in [-0.15, -0.1) is 0 Å². The summed E-state index contributed by atoms with van der Waals surface area (Å²) in [5.41, 5.74) is 3.18. The molecule has 0 heterocycles. The number of rotatable bonds is 9. The van der Waals surface area contributed by atoms with Crippen LogP contribution in [-0.4, -0.2) is 38.4 Å². The molecule has 0 unspecified atom stereocenters. The summed E-state index contributed by atoms with van der Waals surface area (Å²) in [5, 5.41) is 25.6. The molecule has 0 radical (unpaired) electrons. The third-order valence-corrected chi connectivity index (χ3v) is 6.17. The molecule has 0 atom stereocenters. The van der Waals surface area contributed by atoms with Crippen LogP contribution in [0.2, 0.25) is 0 Å². The molecule has 178 valence electrons. The van der Waals surface area contributed by atoms with Crippen LogP contribution in [0.1, 0.15) is 12.5 Å². The van der Waals surface area contributed by atoms with E-state index in [-0.39, 0.29) is 22.0 Å². The minimum Gasteiger partial charge on any atom is -0.507 e. The fourth-order valence-corrected chi connectivity index (χ4v) is 4.19. The van der Waals surface area contributed by atoms with Gasteiger partial charge < -0.3 is 14.6 Å². The minimum absolute atomic E-state index is 0.000960. The van der Waals surface area contributed by atoms with E-state index in [1.165, 1.54) is 38.5 Å². The van der Waals surface area contributed by atoms with E-state index in [4.69, 9.17) is 9.47 Å². The fourth-order valence-electron chi connectivity index (χ4n) is 2.96. The SMILES string of the molecule is COc1ccc(NS(=O)(=O)c2cc([N+](=O)[O-])ccc2N/N=C(\C)c2ccc(OC)cc2O)cc1. The number of nitrogens with one attached hydrogen (secondary N) is 2. The molecule has 3 N–H and O–H groups in total. The van der Waals surface area contributed by atoms with Gasteiger partial charge in [-0.2, -0.15) is 5.10 Å². The topological polar surface area (TPSA) is 152 Å². The van der Waals surface area contributed by atoms with Gasteiger partial charge in [-0.25, -0.2) is 8.42 Å². The number of nitro benzene ring substituents is 1. The molecule has 0 saturated carbocycles. The van der Waals surface area contributed by atoms with Crippen molar-refractivity contribution in [3.05, 3.63) is 76.3 Å². The number of sulfonamides is 1. The second kappa shape index (κ2) is 10.1. The van der Waals surface area contributed by atoms with Gasteiger partial charge in [0.05, 0.1) is 30.5 Å². The molecule has 34 heavy (non-hydrogen) atoms. The van der Waals surface area contributed by atoms with Gasteiger partial charge in [0.2, 0.25) is 0 Å². The van der Waals surface area contributed by atoms with Gasteiger partial charge in [-0.3, -0.25) is 20.3 Å². The molecule has 3 rings (SSSR count). The number of non-ortho nitro benzene ring substituents is 1. The average Bonchev–Trinajstić information content (AvgIpc) is 2.82. The predicted octanol–water partition coefficient (Wildman–Crippen LogP) is 3.95. The molecule has 3 aromatic carbocycles. The van der Waals surface area contributed by atoms with Crippen LogP contribution in [-0.2, 0) is 10.0 Å². The lowest BCUT2D eigenvalue weighted by molar-refractivity contribution is -0.385. The number of anilines is 2. The number of benzene rings is 3. The smallest absolute Gasteiger partial charge is 0.270 e. The number of phenols is 1. The molecule has 12 heteroatoms. The van der Waals surface area contributed by atoms with Gasteiger partial charge in [-0.05, 0) is 49.4 Å². The minimum atomic E-state index is -4.24. The molecule has 0 amide bonds. The summed E-state index contributed by atoms with van der Waals surface area (Å²) in [5.74, 6) is 0.905. The third-order valence-electron chi connectivity index (χ3n) is 4.75. The van der Waals surface area contributed by atoms with E-state index in [9.17, 15) is 23.6 Å². The summed E-state index contributed by atoms with van der Waals surface area (Å²) in [6.07, 6.45) is 0. The zero-order valence-electron chi connectivity index (χ0n) is 18.5. The quantitative estimate of drug-likeness (QED) is 0.233. The summed E-state index contributed by atoms with van der Waals surface area (Å²) in [6.45, 7) is 1.60. The van der Waals surface area contributed by atoms with Crippen LogP contribution >= 0.6 is 0 Å². The molecule has 11 nitrogen and oxygen atoms in total. The lowest BCUT2D eigenvalue weighted by Gasteiger charge is -2.13. The molecule has 0 fully saturated rings. The first-order chi connectivity index (χ1) is 16.1. The third kappa shape index (κ3) is 5.53. The van der Waals surface area contributed by atoms with Crippen LogP contribution in [0.25, 0.3) is 0 Å². The molecule has 0 aromatic heterocycles. The summed E-state index contributed by atoms with van der Waals surface area (Å²) < 4.78 is 38.7. The molecular formula is C22H22N4O7S. The Kier molecular flexibility index (Phi) is 7.21. The Hall–Kier alpha value is -4.32. The Balaban J connectivity index is 1.96. The second-order valence-corrected chi connectivity index (χ2v) is 8.61. The number of phenolic OH excluding ortho intramolecular Hbond substituents is 1. The highest BCUT2D eigenvalue weighted by Gasteiger charge is 2.23. The number of nitro groups is 1. The van der Waals surface area contributed by atoms with Crippen molar-refractivity contribution in [3.63, 3.8) is 0 Å². The van der Waals surface area contributed by atoms with Crippen molar-refractivity contribution >= 4 is 32.8 Å². The number of methoxy groups -OCH3 is 2. The standard InChI is InChI=1S/C22H22N4O7S/c1-14(19-10-9-18(33-3)13-21(19)27)23-24-20-11-6-16(26(28)29)12-22(20)34(30,31)25-15-4-7-17(32-2)8-5-15/h4-13,24-25,27H,1-3H3/b23-14+. The molecule has 0 aliphatic heterocycles. The van der Waals surface area contributed by atoms with Crippen LogP contribution < -0.4 is 19.6 Å². The largest absolute Gasteiger partial charge is 0.507 e. The molecule has 3 aromatic rings. The maximum Gasteiger partial charge on any atom is 0.270 e. The van der Waals surface area contributed by atoms with Crippen molar-refractivity contribution in [3.8, 4) is 17.2 Å². The number of hydrogen-bond donors (Lipinski definition) is 3. The highest BCUT2D eigenvalue weighted by Crippen LogP contribution is 2.29. The zero-order chi connectivity index (χ0) is 24.9. The van der Waals surface area contributed by atoms with Crippen molar-refractivity contribution in [2.75, 3.05) is 24.4 Å². The molecule has 0 spiro atoms. The van der Waals surface area contributed by atoms with E-state index in [1.54, 1.807) is 31.2 Å². The van der Waals surface area contributed by atoms with Gasteiger partial charge in [0.25, 0.3) is 15.7 Å². The maximum atomic E-state index is 13.1. The molecule has 0 saturated heterocycles. The first-order valence-electron chi connectivity index (χ1n) is 9.77. The molecular weight excluding hydrogens is 464 g/mol. The van der Waals surface area contributed by atoms with Gasteiger partial charge in [-0.1, -0.05) is 0 Å². The van der Waals surface area contributed by atoms with E-state index >= 15 is 0 Å². The van der Waals surface area contributed by atoms with Crippen molar-refractivity contribution in [2.24, 2.45) is 5.10 Å². The first-order valence-corrected chi connectivity index (χ1v) is 11.3.